The summed E-state index contributed by atoms with van der Waals surface area (Å²) >= 11 is 0. The summed E-state index contributed by atoms with van der Waals surface area (Å²) < 4.78 is 5.17. The molecule has 0 aliphatic carbocycles. The lowest BCUT2D eigenvalue weighted by Crippen LogP contribution is -2.36. The molecule has 0 saturated heterocycles. The Morgan fingerprint density at radius 3 is 2.13 bits per heavy atom. The van der Waals surface area contributed by atoms with E-state index >= 15 is 0 Å². The van der Waals surface area contributed by atoms with E-state index in [2.05, 4.69) is 27.7 Å². The Kier molecular flexibility index (Phi) is 5.92. The quantitative estimate of drug-likeness (QED) is 0.631. The monoisotopic (exact) mass is 214 g/mol. The fourth-order valence-corrected chi connectivity index (χ4v) is 1.72. The SMILES string of the molecule is CCOC(=O)C(C)(CC(C)CC)C(C)C. The molecule has 2 nitrogen and oxygen atoms in total. The standard InChI is InChI=1S/C13H26O2/c1-7-11(5)9-13(6,10(3)4)12(14)15-8-2/h10-11H,7-9H2,1-6H3. The molecule has 0 saturated carbocycles. The van der Waals surface area contributed by atoms with E-state index in [1.807, 2.05) is 13.8 Å². The minimum atomic E-state index is -0.328. The van der Waals surface area contributed by atoms with Gasteiger partial charge in [-0.05, 0) is 32.1 Å². The Balaban J connectivity index is 4.65. The van der Waals surface area contributed by atoms with Crippen molar-refractivity contribution < 1.29 is 9.53 Å². The second-order valence-electron chi connectivity index (χ2n) is 5.01. The number of ether oxygens (including phenoxy) is 1. The summed E-state index contributed by atoms with van der Waals surface area (Å²) in [6.07, 6.45) is 2.03. The third kappa shape index (κ3) is 3.84. The van der Waals surface area contributed by atoms with Gasteiger partial charge in [-0.15, -0.1) is 0 Å². The molecule has 0 rings (SSSR count). The number of carbonyl (C=O) groups excluding carboxylic acids is 1. The van der Waals surface area contributed by atoms with Crippen molar-refractivity contribution in [2.45, 2.75) is 54.4 Å². The molecule has 0 aliphatic heterocycles. The highest BCUT2D eigenvalue weighted by Crippen LogP contribution is 2.36. The molecule has 0 aromatic rings. The maximum atomic E-state index is 11.9. The van der Waals surface area contributed by atoms with E-state index in [4.69, 9.17) is 4.74 Å². The summed E-state index contributed by atoms with van der Waals surface area (Å²) in [5, 5.41) is 0. The molecule has 0 aliphatic rings. The van der Waals surface area contributed by atoms with E-state index in [0.29, 0.717) is 18.4 Å². The summed E-state index contributed by atoms with van der Waals surface area (Å²) in [6, 6.07) is 0. The molecule has 2 heteroatoms. The molecule has 2 unspecified atom stereocenters. The smallest absolute Gasteiger partial charge is 0.312 e. The molecule has 0 heterocycles. The number of hydrogen-bond donors (Lipinski definition) is 0. The fraction of sp³-hybridized carbons (Fsp3) is 0.923. The molecule has 2 atom stereocenters. The van der Waals surface area contributed by atoms with Crippen LogP contribution >= 0.6 is 0 Å². The van der Waals surface area contributed by atoms with E-state index in [9.17, 15) is 4.79 Å². The van der Waals surface area contributed by atoms with Crippen LogP contribution in [0.4, 0.5) is 0 Å². The van der Waals surface area contributed by atoms with Crippen LogP contribution in [0.1, 0.15) is 54.4 Å². The highest BCUT2D eigenvalue weighted by Gasteiger charge is 2.38. The molecular weight excluding hydrogens is 188 g/mol. The Morgan fingerprint density at radius 2 is 1.80 bits per heavy atom. The van der Waals surface area contributed by atoms with Crippen molar-refractivity contribution in [2.24, 2.45) is 17.3 Å². The molecule has 0 aromatic heterocycles. The molecule has 0 amide bonds. The average molecular weight is 214 g/mol. The lowest BCUT2D eigenvalue weighted by Gasteiger charge is -2.33. The maximum absolute atomic E-state index is 11.9. The third-order valence-corrected chi connectivity index (χ3v) is 3.49. The van der Waals surface area contributed by atoms with Gasteiger partial charge < -0.3 is 4.74 Å². The first-order valence-electron chi connectivity index (χ1n) is 6.05. The predicted octanol–water partition coefficient (Wildman–Crippen LogP) is 3.65. The zero-order chi connectivity index (χ0) is 12.1. The van der Waals surface area contributed by atoms with Gasteiger partial charge in [-0.2, -0.15) is 0 Å². The largest absolute Gasteiger partial charge is 0.466 e. The molecule has 0 fully saturated rings. The predicted molar refractivity (Wildman–Crippen MR) is 63.7 cm³/mol. The van der Waals surface area contributed by atoms with Crippen LogP contribution in [0, 0.1) is 17.3 Å². The average Bonchev–Trinajstić information content (AvgIpc) is 2.17. The molecule has 0 radical (unpaired) electrons. The van der Waals surface area contributed by atoms with Crippen LogP contribution in [-0.2, 0) is 9.53 Å². The third-order valence-electron chi connectivity index (χ3n) is 3.49. The highest BCUT2D eigenvalue weighted by atomic mass is 16.5. The minimum absolute atomic E-state index is 0.0414. The second kappa shape index (κ2) is 6.14. The van der Waals surface area contributed by atoms with Gasteiger partial charge in [-0.1, -0.05) is 34.1 Å². The molecule has 0 aromatic carbocycles. The van der Waals surface area contributed by atoms with Gasteiger partial charge in [0.25, 0.3) is 0 Å². The number of hydrogen-bond acceptors (Lipinski definition) is 2. The maximum Gasteiger partial charge on any atom is 0.312 e. The van der Waals surface area contributed by atoms with Crippen molar-refractivity contribution in [2.75, 3.05) is 6.61 Å². The number of esters is 1. The van der Waals surface area contributed by atoms with Crippen LogP contribution in [0.2, 0.25) is 0 Å². The van der Waals surface area contributed by atoms with Gasteiger partial charge in [0, 0.05) is 0 Å². The first-order valence-corrected chi connectivity index (χ1v) is 6.05. The summed E-state index contributed by atoms with van der Waals surface area (Å²) in [5.41, 5.74) is -0.328. The van der Waals surface area contributed by atoms with Gasteiger partial charge in [-0.3, -0.25) is 4.79 Å². The molecule has 15 heavy (non-hydrogen) atoms. The molecule has 0 spiro atoms. The van der Waals surface area contributed by atoms with Gasteiger partial charge in [0.05, 0.1) is 12.0 Å². The lowest BCUT2D eigenvalue weighted by atomic mass is 9.72. The van der Waals surface area contributed by atoms with Crippen LogP contribution in [0.15, 0.2) is 0 Å². The molecule has 0 N–H and O–H groups in total. The van der Waals surface area contributed by atoms with Crippen molar-refractivity contribution in [3.05, 3.63) is 0 Å². The van der Waals surface area contributed by atoms with E-state index in [1.54, 1.807) is 0 Å². The van der Waals surface area contributed by atoms with Crippen molar-refractivity contribution in [3.8, 4) is 0 Å². The van der Waals surface area contributed by atoms with Crippen LogP contribution in [-0.4, -0.2) is 12.6 Å². The van der Waals surface area contributed by atoms with E-state index in [0.717, 1.165) is 12.8 Å². The van der Waals surface area contributed by atoms with E-state index in [-0.39, 0.29) is 11.4 Å². The fourth-order valence-electron chi connectivity index (χ4n) is 1.72. The first-order chi connectivity index (χ1) is 6.88. The normalized spacial score (nSPS) is 17.3. The molecule has 0 bridgehead atoms. The topological polar surface area (TPSA) is 26.3 Å². The molecule has 90 valence electrons. The van der Waals surface area contributed by atoms with Crippen molar-refractivity contribution in [1.29, 1.82) is 0 Å². The summed E-state index contributed by atoms with van der Waals surface area (Å²) in [4.78, 5) is 11.9. The Hall–Kier alpha value is -0.530. The number of rotatable bonds is 6. The lowest BCUT2D eigenvalue weighted by molar-refractivity contribution is -0.158. The van der Waals surface area contributed by atoms with Crippen LogP contribution in [0.5, 0.6) is 0 Å². The van der Waals surface area contributed by atoms with Crippen molar-refractivity contribution in [3.63, 3.8) is 0 Å². The van der Waals surface area contributed by atoms with Gasteiger partial charge >= 0.3 is 5.97 Å². The van der Waals surface area contributed by atoms with E-state index in [1.165, 1.54) is 0 Å². The van der Waals surface area contributed by atoms with E-state index < -0.39 is 0 Å². The van der Waals surface area contributed by atoms with Gasteiger partial charge in [-0.25, -0.2) is 0 Å². The summed E-state index contributed by atoms with van der Waals surface area (Å²) in [7, 11) is 0. The first kappa shape index (κ1) is 14.5. The Morgan fingerprint density at radius 1 is 1.27 bits per heavy atom. The van der Waals surface area contributed by atoms with Gasteiger partial charge in [0.15, 0.2) is 0 Å². The zero-order valence-corrected chi connectivity index (χ0v) is 11.1. The minimum Gasteiger partial charge on any atom is -0.466 e. The van der Waals surface area contributed by atoms with Crippen LogP contribution in [0.25, 0.3) is 0 Å². The highest BCUT2D eigenvalue weighted by molar-refractivity contribution is 5.76. The summed E-state index contributed by atoms with van der Waals surface area (Å²) in [6.45, 7) is 12.9. The van der Waals surface area contributed by atoms with Gasteiger partial charge in [0.2, 0.25) is 0 Å². The number of carbonyl (C=O) groups is 1. The Bertz CT molecular complexity index is 199. The Labute approximate surface area is 94.4 Å². The van der Waals surface area contributed by atoms with Gasteiger partial charge in [0.1, 0.15) is 0 Å². The van der Waals surface area contributed by atoms with Crippen LogP contribution in [0.3, 0.4) is 0 Å². The molecular formula is C13H26O2. The summed E-state index contributed by atoms with van der Waals surface area (Å²) in [5.74, 6) is 0.854. The second-order valence-corrected chi connectivity index (χ2v) is 5.01. The van der Waals surface area contributed by atoms with Crippen molar-refractivity contribution in [1.82, 2.24) is 0 Å². The zero-order valence-electron chi connectivity index (χ0n) is 11.1. The van der Waals surface area contributed by atoms with Crippen molar-refractivity contribution >= 4 is 5.97 Å². The van der Waals surface area contributed by atoms with Crippen LogP contribution < -0.4 is 0 Å².